The summed E-state index contributed by atoms with van der Waals surface area (Å²) in [6.45, 7) is 6.40. The molecule has 2 fully saturated rings. The molecule has 1 aliphatic heterocycles. The van der Waals surface area contributed by atoms with E-state index in [0.717, 1.165) is 42.1 Å². The van der Waals surface area contributed by atoms with Crippen LogP contribution in [0.3, 0.4) is 0 Å². The van der Waals surface area contributed by atoms with Gasteiger partial charge in [0, 0.05) is 25.4 Å². The van der Waals surface area contributed by atoms with Gasteiger partial charge in [0.2, 0.25) is 11.8 Å². The quantitative estimate of drug-likeness (QED) is 0.659. The molecule has 150 valence electrons. The van der Waals surface area contributed by atoms with Crippen molar-refractivity contribution >= 4 is 5.91 Å². The Labute approximate surface area is 165 Å². The Morgan fingerprint density at radius 3 is 2.68 bits per heavy atom. The highest BCUT2D eigenvalue weighted by molar-refractivity contribution is 5.79. The van der Waals surface area contributed by atoms with Crippen molar-refractivity contribution in [2.24, 2.45) is 0 Å². The molecule has 2 aliphatic rings. The highest BCUT2D eigenvalue weighted by atomic mass is 16.5. The summed E-state index contributed by atoms with van der Waals surface area (Å²) in [5, 5.41) is 4.08. The van der Waals surface area contributed by atoms with Crippen LogP contribution in [-0.4, -0.2) is 47.3 Å². The summed E-state index contributed by atoms with van der Waals surface area (Å²) >= 11 is 0. The molecule has 1 saturated heterocycles. The predicted molar refractivity (Wildman–Crippen MR) is 103 cm³/mol. The number of hydrogen-bond acceptors (Lipinski definition) is 6. The molecule has 0 N–H and O–H groups in total. The number of hydrogen-bond donors (Lipinski definition) is 0. The van der Waals surface area contributed by atoms with Gasteiger partial charge in [0.1, 0.15) is 0 Å². The predicted octanol–water partition coefficient (Wildman–Crippen LogP) is 3.30. The van der Waals surface area contributed by atoms with Gasteiger partial charge in [-0.3, -0.25) is 4.79 Å². The van der Waals surface area contributed by atoms with Gasteiger partial charge < -0.3 is 18.9 Å². The van der Waals surface area contributed by atoms with Crippen LogP contribution in [0.4, 0.5) is 0 Å². The Bertz CT molecular complexity index is 831. The summed E-state index contributed by atoms with van der Waals surface area (Å²) in [4.78, 5) is 18.8. The molecule has 7 heteroatoms. The van der Waals surface area contributed by atoms with Crippen molar-refractivity contribution in [3.63, 3.8) is 0 Å². The largest absolute Gasteiger partial charge is 0.490 e. The van der Waals surface area contributed by atoms with Gasteiger partial charge in [0.05, 0.1) is 19.1 Å². The van der Waals surface area contributed by atoms with Crippen LogP contribution in [0.15, 0.2) is 22.7 Å². The number of rotatable bonds is 9. The SMILES string of the molecule is CCOc1ccc(CCN2CC(c3nc(C4CC4)no3)CC2=O)cc1OCC. The van der Waals surface area contributed by atoms with Crippen LogP contribution in [0, 0.1) is 0 Å². The monoisotopic (exact) mass is 385 g/mol. The fourth-order valence-electron chi connectivity index (χ4n) is 3.59. The number of likely N-dealkylation sites (tertiary alicyclic amines) is 1. The maximum atomic E-state index is 12.4. The van der Waals surface area contributed by atoms with E-state index >= 15 is 0 Å². The van der Waals surface area contributed by atoms with Gasteiger partial charge in [0.25, 0.3) is 0 Å². The van der Waals surface area contributed by atoms with Crippen LogP contribution < -0.4 is 9.47 Å². The van der Waals surface area contributed by atoms with Crippen molar-refractivity contribution in [3.8, 4) is 11.5 Å². The lowest BCUT2D eigenvalue weighted by atomic mass is 10.1. The first kappa shape index (κ1) is 18.8. The smallest absolute Gasteiger partial charge is 0.232 e. The van der Waals surface area contributed by atoms with Crippen LogP contribution in [0.25, 0.3) is 0 Å². The first-order valence-electron chi connectivity index (χ1n) is 10.2. The van der Waals surface area contributed by atoms with Gasteiger partial charge >= 0.3 is 0 Å². The van der Waals surface area contributed by atoms with Crippen LogP contribution in [0.5, 0.6) is 11.5 Å². The summed E-state index contributed by atoms with van der Waals surface area (Å²) in [6.07, 6.45) is 3.49. The van der Waals surface area contributed by atoms with Crippen LogP contribution >= 0.6 is 0 Å². The van der Waals surface area contributed by atoms with E-state index in [4.69, 9.17) is 14.0 Å². The van der Waals surface area contributed by atoms with E-state index in [1.54, 1.807) is 0 Å². The normalized spacial score (nSPS) is 19.3. The zero-order chi connectivity index (χ0) is 19.5. The first-order valence-corrected chi connectivity index (χ1v) is 10.2. The summed E-state index contributed by atoms with van der Waals surface area (Å²) in [5.74, 6) is 3.54. The summed E-state index contributed by atoms with van der Waals surface area (Å²) < 4.78 is 16.7. The lowest BCUT2D eigenvalue weighted by Gasteiger charge is -2.17. The van der Waals surface area contributed by atoms with Gasteiger partial charge in [-0.05, 0) is 50.8 Å². The maximum absolute atomic E-state index is 12.4. The molecule has 1 atom stereocenters. The molecule has 0 radical (unpaired) electrons. The third-order valence-corrected chi connectivity index (χ3v) is 5.24. The molecule has 1 aliphatic carbocycles. The number of carbonyl (C=O) groups is 1. The topological polar surface area (TPSA) is 77.7 Å². The van der Waals surface area contributed by atoms with Gasteiger partial charge in [0.15, 0.2) is 17.3 Å². The second-order valence-corrected chi connectivity index (χ2v) is 7.40. The van der Waals surface area contributed by atoms with Crippen molar-refractivity contribution in [1.29, 1.82) is 0 Å². The molecule has 1 unspecified atom stereocenters. The van der Waals surface area contributed by atoms with Crippen LogP contribution in [0.1, 0.15) is 62.2 Å². The summed E-state index contributed by atoms with van der Waals surface area (Å²) in [6, 6.07) is 5.98. The fourth-order valence-corrected chi connectivity index (χ4v) is 3.59. The summed E-state index contributed by atoms with van der Waals surface area (Å²) in [5.41, 5.74) is 1.12. The zero-order valence-electron chi connectivity index (χ0n) is 16.5. The molecule has 1 amide bonds. The van der Waals surface area contributed by atoms with Crippen molar-refractivity contribution in [2.75, 3.05) is 26.3 Å². The summed E-state index contributed by atoms with van der Waals surface area (Å²) in [7, 11) is 0. The first-order chi connectivity index (χ1) is 13.7. The number of carbonyl (C=O) groups excluding carboxylic acids is 1. The van der Waals surface area contributed by atoms with Crippen molar-refractivity contribution in [1.82, 2.24) is 15.0 Å². The van der Waals surface area contributed by atoms with E-state index in [1.165, 1.54) is 0 Å². The van der Waals surface area contributed by atoms with Gasteiger partial charge in [-0.2, -0.15) is 4.98 Å². The molecule has 28 heavy (non-hydrogen) atoms. The molecule has 1 aromatic heterocycles. The Morgan fingerprint density at radius 2 is 1.93 bits per heavy atom. The van der Waals surface area contributed by atoms with Crippen molar-refractivity contribution in [3.05, 3.63) is 35.5 Å². The molecule has 7 nitrogen and oxygen atoms in total. The maximum Gasteiger partial charge on any atom is 0.232 e. The third-order valence-electron chi connectivity index (χ3n) is 5.24. The van der Waals surface area contributed by atoms with E-state index in [-0.39, 0.29) is 11.8 Å². The van der Waals surface area contributed by atoms with Crippen molar-refractivity contribution < 1.29 is 18.8 Å². The van der Waals surface area contributed by atoms with Gasteiger partial charge in [-0.25, -0.2) is 0 Å². The number of nitrogens with zero attached hydrogens (tertiary/aromatic N) is 3. The Balaban J connectivity index is 1.36. The number of ether oxygens (including phenoxy) is 2. The fraction of sp³-hybridized carbons (Fsp3) is 0.571. The number of benzene rings is 1. The minimum absolute atomic E-state index is 0.00631. The highest BCUT2D eigenvalue weighted by Crippen LogP contribution is 2.39. The molecule has 4 rings (SSSR count). The Hall–Kier alpha value is -2.57. The molecular formula is C21H27N3O4. The highest BCUT2D eigenvalue weighted by Gasteiger charge is 2.36. The third kappa shape index (κ3) is 4.13. The van der Waals surface area contributed by atoms with E-state index in [9.17, 15) is 4.79 Å². The molecular weight excluding hydrogens is 358 g/mol. The molecule has 2 heterocycles. The van der Waals surface area contributed by atoms with E-state index in [1.807, 2.05) is 36.9 Å². The van der Waals surface area contributed by atoms with Crippen molar-refractivity contribution in [2.45, 2.75) is 51.4 Å². The van der Waals surface area contributed by atoms with E-state index < -0.39 is 0 Å². The minimum Gasteiger partial charge on any atom is -0.490 e. The molecule has 0 bridgehead atoms. The standard InChI is InChI=1S/C21H27N3O4/c1-3-26-17-8-5-14(11-18(17)27-4-2)9-10-24-13-16(12-19(24)25)21-22-20(23-28-21)15-6-7-15/h5,8,11,15-16H,3-4,6-7,9-10,12-13H2,1-2H3. The lowest BCUT2D eigenvalue weighted by molar-refractivity contribution is -0.127. The molecule has 0 spiro atoms. The second-order valence-electron chi connectivity index (χ2n) is 7.40. The Morgan fingerprint density at radius 1 is 1.14 bits per heavy atom. The average Bonchev–Trinajstić information content (AvgIpc) is 3.30. The molecule has 1 saturated carbocycles. The van der Waals surface area contributed by atoms with E-state index in [2.05, 4.69) is 10.1 Å². The Kier molecular flexibility index (Phi) is 5.50. The van der Waals surface area contributed by atoms with Crippen LogP contribution in [0.2, 0.25) is 0 Å². The zero-order valence-corrected chi connectivity index (χ0v) is 16.5. The molecule has 2 aromatic rings. The lowest BCUT2D eigenvalue weighted by Crippen LogP contribution is -2.27. The number of aromatic nitrogens is 2. The number of amides is 1. The minimum atomic E-state index is 0.00631. The average molecular weight is 385 g/mol. The second kappa shape index (κ2) is 8.20. The van der Waals surface area contributed by atoms with Gasteiger partial charge in [-0.1, -0.05) is 11.2 Å². The van der Waals surface area contributed by atoms with Gasteiger partial charge in [-0.15, -0.1) is 0 Å². The molecule has 1 aromatic carbocycles. The van der Waals surface area contributed by atoms with E-state index in [0.29, 0.717) is 44.5 Å². The van der Waals surface area contributed by atoms with Crippen LogP contribution in [-0.2, 0) is 11.2 Å².